The van der Waals surface area contributed by atoms with Gasteiger partial charge in [-0.15, -0.1) is 0 Å². The Bertz CT molecular complexity index is 1210. The third-order valence-corrected chi connectivity index (χ3v) is 9.18. The van der Waals surface area contributed by atoms with E-state index in [-0.39, 0.29) is 32.8 Å². The molecule has 0 aromatic heterocycles. The van der Waals surface area contributed by atoms with Gasteiger partial charge in [-0.05, 0) is 83.5 Å². The summed E-state index contributed by atoms with van der Waals surface area (Å²) in [5.41, 5.74) is 5.36. The van der Waals surface area contributed by atoms with Crippen LogP contribution in [-0.4, -0.2) is 49.9 Å². The van der Waals surface area contributed by atoms with Crippen molar-refractivity contribution in [1.82, 2.24) is 0 Å². The first kappa shape index (κ1) is 53.2. The first-order chi connectivity index (χ1) is 27.4. The van der Waals surface area contributed by atoms with Crippen LogP contribution < -0.4 is 5.73 Å². The van der Waals surface area contributed by atoms with Crippen LogP contribution in [0.1, 0.15) is 142 Å². The van der Waals surface area contributed by atoms with E-state index < -0.39 is 19.9 Å². The van der Waals surface area contributed by atoms with Gasteiger partial charge in [-0.1, -0.05) is 162 Å². The van der Waals surface area contributed by atoms with Crippen LogP contribution >= 0.6 is 7.82 Å². The molecule has 0 bridgehead atoms. The lowest BCUT2D eigenvalue weighted by Crippen LogP contribution is -2.28. The van der Waals surface area contributed by atoms with E-state index in [1.165, 1.54) is 32.1 Å². The summed E-state index contributed by atoms with van der Waals surface area (Å²) in [7, 11) is -4.30. The molecule has 0 radical (unpaired) electrons. The molecular weight excluding hydrogens is 721 g/mol. The molecule has 0 fully saturated rings. The third kappa shape index (κ3) is 42.3. The number of allylic oxidation sites excluding steroid dienone is 18. The SMILES string of the molecule is CC/C=C\C/C=C\C/C=C\C/C=C\C/C=C\CCCCCCCCCCOCC(COP(=O)(O)OCCN)OC(=O)CC/C=C\C/C=C\C/C=C\C/C=C\CC. The number of phosphoric ester groups is 1. The van der Waals surface area contributed by atoms with Crippen LogP contribution in [0.2, 0.25) is 0 Å². The second-order valence-corrected chi connectivity index (χ2v) is 14.9. The fourth-order valence-electron chi connectivity index (χ4n) is 5.15. The zero-order valence-electron chi connectivity index (χ0n) is 35.1. The van der Waals surface area contributed by atoms with Crippen molar-refractivity contribution < 1.29 is 32.8 Å². The van der Waals surface area contributed by atoms with Crippen molar-refractivity contribution in [1.29, 1.82) is 0 Å². The molecule has 0 amide bonds. The molecule has 0 aromatic carbocycles. The molecule has 318 valence electrons. The molecule has 0 spiro atoms. The van der Waals surface area contributed by atoms with E-state index in [1.54, 1.807) is 0 Å². The highest BCUT2D eigenvalue weighted by Crippen LogP contribution is 2.43. The van der Waals surface area contributed by atoms with Gasteiger partial charge in [0, 0.05) is 19.6 Å². The number of phosphoric acid groups is 1. The van der Waals surface area contributed by atoms with Gasteiger partial charge in [-0.2, -0.15) is 0 Å². The van der Waals surface area contributed by atoms with E-state index in [1.807, 2.05) is 12.2 Å². The van der Waals surface area contributed by atoms with Gasteiger partial charge in [0.25, 0.3) is 0 Å². The van der Waals surface area contributed by atoms with E-state index >= 15 is 0 Å². The summed E-state index contributed by atoms with van der Waals surface area (Å²) < 4.78 is 33.3. The molecule has 0 aromatic rings. The van der Waals surface area contributed by atoms with Crippen LogP contribution in [0.4, 0.5) is 0 Å². The Morgan fingerprint density at radius 2 is 0.946 bits per heavy atom. The van der Waals surface area contributed by atoms with E-state index in [0.717, 1.165) is 83.5 Å². The predicted octanol–water partition coefficient (Wildman–Crippen LogP) is 12.9. The average Bonchev–Trinajstić information content (AvgIpc) is 3.19. The molecule has 0 aliphatic carbocycles. The average molecular weight is 800 g/mol. The molecule has 3 N–H and O–H groups in total. The largest absolute Gasteiger partial charge is 0.472 e. The Labute approximate surface area is 342 Å². The molecule has 2 unspecified atom stereocenters. The van der Waals surface area contributed by atoms with Crippen molar-refractivity contribution in [2.75, 3.05) is 33.0 Å². The highest BCUT2D eigenvalue weighted by atomic mass is 31.2. The Kier molecular flexibility index (Phi) is 41.1. The quantitative estimate of drug-likeness (QED) is 0.0273. The minimum absolute atomic E-state index is 0.0739. The number of nitrogens with two attached hydrogens (primary N) is 1. The first-order valence-corrected chi connectivity index (χ1v) is 22.9. The lowest BCUT2D eigenvalue weighted by atomic mass is 10.1. The second-order valence-electron chi connectivity index (χ2n) is 13.4. The van der Waals surface area contributed by atoms with E-state index in [9.17, 15) is 14.3 Å². The summed E-state index contributed by atoms with van der Waals surface area (Å²) in [5.74, 6) is -0.418. The van der Waals surface area contributed by atoms with Crippen molar-refractivity contribution in [2.24, 2.45) is 5.73 Å². The molecule has 0 saturated carbocycles. The number of esters is 1. The maximum absolute atomic E-state index is 12.5. The smallest absolute Gasteiger partial charge is 0.457 e. The van der Waals surface area contributed by atoms with Crippen molar-refractivity contribution >= 4 is 13.8 Å². The number of carbonyl (C=O) groups is 1. The number of unbranched alkanes of at least 4 members (excludes halogenated alkanes) is 8. The molecule has 8 nitrogen and oxygen atoms in total. The third-order valence-electron chi connectivity index (χ3n) is 8.20. The van der Waals surface area contributed by atoms with Gasteiger partial charge in [-0.25, -0.2) is 4.57 Å². The Morgan fingerprint density at radius 3 is 1.41 bits per heavy atom. The number of hydrogen-bond acceptors (Lipinski definition) is 7. The summed E-state index contributed by atoms with van der Waals surface area (Å²) in [6, 6.07) is 0. The first-order valence-electron chi connectivity index (χ1n) is 21.4. The predicted molar refractivity (Wildman–Crippen MR) is 237 cm³/mol. The zero-order chi connectivity index (χ0) is 40.9. The van der Waals surface area contributed by atoms with Gasteiger partial charge in [-0.3, -0.25) is 13.8 Å². The molecule has 0 aliphatic rings. The minimum atomic E-state index is -4.30. The molecule has 0 aliphatic heterocycles. The highest BCUT2D eigenvalue weighted by molar-refractivity contribution is 7.47. The molecule has 0 saturated heterocycles. The van der Waals surface area contributed by atoms with Crippen molar-refractivity contribution in [3.8, 4) is 0 Å². The van der Waals surface area contributed by atoms with E-state index in [0.29, 0.717) is 13.0 Å². The summed E-state index contributed by atoms with van der Waals surface area (Å²) in [6.07, 6.45) is 58.5. The molecule has 0 rings (SSSR count). The van der Waals surface area contributed by atoms with Crippen LogP contribution in [0, 0.1) is 0 Å². The van der Waals surface area contributed by atoms with Crippen molar-refractivity contribution in [3.05, 3.63) is 109 Å². The summed E-state index contributed by atoms with van der Waals surface area (Å²) in [4.78, 5) is 22.4. The van der Waals surface area contributed by atoms with Crippen LogP contribution in [0.3, 0.4) is 0 Å². The summed E-state index contributed by atoms with van der Waals surface area (Å²) in [5, 5.41) is 0. The Balaban J connectivity index is 4.10. The normalized spacial score (nSPS) is 14.6. The fraction of sp³-hybridized carbons (Fsp3) is 0.596. The Hall–Kier alpha value is -2.84. The topological polar surface area (TPSA) is 117 Å². The zero-order valence-corrected chi connectivity index (χ0v) is 36.0. The number of rotatable bonds is 39. The highest BCUT2D eigenvalue weighted by Gasteiger charge is 2.25. The van der Waals surface area contributed by atoms with Gasteiger partial charge in [0.1, 0.15) is 6.10 Å². The fourth-order valence-corrected chi connectivity index (χ4v) is 5.92. The number of ether oxygens (including phenoxy) is 2. The number of carbonyl (C=O) groups excluding carboxylic acids is 1. The van der Waals surface area contributed by atoms with Crippen LogP contribution in [0.5, 0.6) is 0 Å². The minimum Gasteiger partial charge on any atom is -0.457 e. The van der Waals surface area contributed by atoms with E-state index in [4.69, 9.17) is 24.3 Å². The van der Waals surface area contributed by atoms with Gasteiger partial charge in [0.05, 0.1) is 19.8 Å². The summed E-state index contributed by atoms with van der Waals surface area (Å²) in [6.45, 7) is 4.53. The summed E-state index contributed by atoms with van der Waals surface area (Å²) >= 11 is 0. The number of hydrogen-bond donors (Lipinski definition) is 2. The molecule has 0 heterocycles. The van der Waals surface area contributed by atoms with Gasteiger partial charge >= 0.3 is 13.8 Å². The molecular formula is C47H78NO7P. The van der Waals surface area contributed by atoms with Crippen molar-refractivity contribution in [3.63, 3.8) is 0 Å². The van der Waals surface area contributed by atoms with Gasteiger partial charge in [0.15, 0.2) is 0 Å². The van der Waals surface area contributed by atoms with Crippen LogP contribution in [0.25, 0.3) is 0 Å². The second kappa shape index (κ2) is 43.3. The molecule has 2 atom stereocenters. The van der Waals surface area contributed by atoms with E-state index in [2.05, 4.69) is 111 Å². The van der Waals surface area contributed by atoms with Crippen LogP contribution in [-0.2, 0) is 27.9 Å². The maximum atomic E-state index is 12.5. The molecule has 56 heavy (non-hydrogen) atoms. The lowest BCUT2D eigenvalue weighted by molar-refractivity contribution is -0.154. The maximum Gasteiger partial charge on any atom is 0.472 e. The lowest BCUT2D eigenvalue weighted by Gasteiger charge is -2.20. The monoisotopic (exact) mass is 800 g/mol. The molecule has 9 heteroatoms. The van der Waals surface area contributed by atoms with Crippen molar-refractivity contribution in [2.45, 2.75) is 148 Å². The van der Waals surface area contributed by atoms with Crippen LogP contribution in [0.15, 0.2) is 109 Å². The van der Waals surface area contributed by atoms with Gasteiger partial charge in [0.2, 0.25) is 0 Å². The Morgan fingerprint density at radius 1 is 0.536 bits per heavy atom. The van der Waals surface area contributed by atoms with Gasteiger partial charge < -0.3 is 20.1 Å². The standard InChI is InChI=1S/C47H78NO7P/c1-3-5-7-9-11-13-15-17-18-19-20-21-22-23-24-25-26-27-29-31-33-35-37-39-42-52-44-46(45-54-56(50,51)53-43-41-48)55-47(49)40-38-36-34-32-30-28-16-14-12-10-8-6-4-2/h5-8,11-14,17-18,20-21,23-24,28,30,34,36,46H,3-4,9-10,15-16,19,22,25-27,29,31-33,35,37-45,48H2,1-2H3,(H,50,51)/b7-5-,8-6-,13-11-,14-12-,18-17-,21-20-,24-23-,30-28-,36-34-.